The Balaban J connectivity index is 0.00000128. The van der Waals surface area contributed by atoms with E-state index in [2.05, 4.69) is 41.1 Å². The summed E-state index contributed by atoms with van der Waals surface area (Å²) < 4.78 is 2.64. The number of quaternary nitrogens is 2. The largest absolute Gasteiger partial charge is 1.00 e. The fourth-order valence-electron chi connectivity index (χ4n) is 9.30. The van der Waals surface area contributed by atoms with Crippen molar-refractivity contribution < 1.29 is 42.9 Å². The molecular weight excluding hydrogens is 500 g/mol. The van der Waals surface area contributed by atoms with Crippen LogP contribution >= 0.6 is 0 Å². The van der Waals surface area contributed by atoms with Crippen LogP contribution in [0.5, 0.6) is 0 Å². The monoisotopic (exact) mass is 544 g/mol. The molecule has 0 aromatic rings. The Kier molecular flexibility index (Phi) is 7.10. The van der Waals surface area contributed by atoms with Crippen LogP contribution in [0.2, 0.25) is 0 Å². The van der Waals surface area contributed by atoms with Gasteiger partial charge in [-0.25, -0.2) is 0 Å². The van der Waals surface area contributed by atoms with Gasteiger partial charge in [0.25, 0.3) is 0 Å². The molecule has 0 radical (unpaired) electrons. The van der Waals surface area contributed by atoms with Gasteiger partial charge in [-0.3, -0.25) is 0 Å². The fraction of sp³-hybridized carbons (Fsp3) is 0.923. The first-order valence-corrected chi connectivity index (χ1v) is 12.5. The number of rotatable bonds is 1. The maximum atomic E-state index is 2.79. The molecule has 2 saturated heterocycles. The molecule has 6 atom stereocenters. The SMILES string of the molecule is C[C@]12CC[C@H]3[C@@H](CC=C4C[C@@H]([N+]5(C)CCCC5)CC[C@@]43C)[C@@H]1CC[N+](C)(C)C2.[Br-].[Br-]. The Bertz CT molecular complexity index is 668. The summed E-state index contributed by atoms with van der Waals surface area (Å²) in [6.45, 7) is 11.0. The van der Waals surface area contributed by atoms with Crippen molar-refractivity contribution in [3.8, 4) is 0 Å². The van der Waals surface area contributed by atoms with E-state index in [0.717, 1.165) is 23.8 Å². The average Bonchev–Trinajstić information content (AvgIpc) is 3.06. The van der Waals surface area contributed by atoms with Crippen LogP contribution in [-0.2, 0) is 0 Å². The minimum atomic E-state index is 0. The average molecular weight is 546 g/mol. The van der Waals surface area contributed by atoms with Crippen LogP contribution in [0.3, 0.4) is 0 Å². The maximum Gasteiger partial charge on any atom is 0.0926 e. The molecule has 0 aromatic heterocycles. The van der Waals surface area contributed by atoms with Gasteiger partial charge in [0.1, 0.15) is 0 Å². The van der Waals surface area contributed by atoms with E-state index in [-0.39, 0.29) is 34.0 Å². The smallest absolute Gasteiger partial charge is 0.0926 e. The summed E-state index contributed by atoms with van der Waals surface area (Å²) >= 11 is 0. The zero-order valence-electron chi connectivity index (χ0n) is 20.2. The summed E-state index contributed by atoms with van der Waals surface area (Å²) in [6, 6.07) is 0.917. The van der Waals surface area contributed by atoms with E-state index in [1.54, 1.807) is 0 Å². The number of piperidine rings is 1. The van der Waals surface area contributed by atoms with Crippen molar-refractivity contribution in [3.63, 3.8) is 0 Å². The summed E-state index contributed by atoms with van der Waals surface area (Å²) in [5.41, 5.74) is 3.02. The van der Waals surface area contributed by atoms with Gasteiger partial charge in [-0.1, -0.05) is 25.5 Å². The van der Waals surface area contributed by atoms with E-state index in [0.29, 0.717) is 10.8 Å². The quantitative estimate of drug-likeness (QED) is 0.300. The van der Waals surface area contributed by atoms with E-state index in [1.807, 2.05) is 5.57 Å². The normalized spacial score (nSPS) is 46.2. The van der Waals surface area contributed by atoms with Gasteiger partial charge >= 0.3 is 0 Å². The number of hydrogen-bond acceptors (Lipinski definition) is 0. The lowest BCUT2D eigenvalue weighted by Crippen LogP contribution is -3.00. The van der Waals surface area contributed by atoms with E-state index >= 15 is 0 Å². The molecule has 2 heterocycles. The lowest BCUT2D eigenvalue weighted by molar-refractivity contribution is -0.923. The predicted molar refractivity (Wildman–Crippen MR) is 118 cm³/mol. The van der Waals surface area contributed by atoms with Gasteiger partial charge in [-0.15, -0.1) is 0 Å². The predicted octanol–water partition coefficient (Wildman–Crippen LogP) is -0.747. The lowest BCUT2D eigenvalue weighted by Gasteiger charge is -2.61. The number of halogens is 2. The Morgan fingerprint density at radius 3 is 2.27 bits per heavy atom. The Morgan fingerprint density at radius 2 is 1.57 bits per heavy atom. The number of likely N-dealkylation sites (tertiary alicyclic amines) is 2. The summed E-state index contributed by atoms with van der Waals surface area (Å²) in [4.78, 5) is 0. The number of fused-ring (bicyclic) bond motifs is 5. The molecular formula is C26H46Br2N2. The first kappa shape index (κ1) is 25.2. The van der Waals surface area contributed by atoms with Crippen molar-refractivity contribution >= 4 is 0 Å². The van der Waals surface area contributed by atoms with Crippen LogP contribution < -0.4 is 34.0 Å². The van der Waals surface area contributed by atoms with Gasteiger partial charge in [0, 0.05) is 37.5 Å². The van der Waals surface area contributed by atoms with Gasteiger partial charge < -0.3 is 42.9 Å². The molecule has 5 aliphatic rings. The minimum absolute atomic E-state index is 0. The highest BCUT2D eigenvalue weighted by Gasteiger charge is 2.58. The molecule has 0 aromatic carbocycles. The molecule has 5 rings (SSSR count). The van der Waals surface area contributed by atoms with Crippen molar-refractivity contribution in [2.24, 2.45) is 28.6 Å². The molecule has 2 aliphatic heterocycles. The zero-order valence-corrected chi connectivity index (χ0v) is 23.4. The molecule has 2 saturated carbocycles. The third-order valence-corrected chi connectivity index (χ3v) is 10.9. The van der Waals surface area contributed by atoms with Crippen LogP contribution in [0.15, 0.2) is 11.6 Å². The molecule has 2 nitrogen and oxygen atoms in total. The van der Waals surface area contributed by atoms with Crippen LogP contribution in [-0.4, -0.2) is 62.3 Å². The first-order chi connectivity index (χ1) is 13.2. The molecule has 30 heavy (non-hydrogen) atoms. The second-order valence-corrected chi connectivity index (χ2v) is 13.1. The Hall–Kier alpha value is 0.620. The Labute approximate surface area is 207 Å². The Morgan fingerprint density at radius 1 is 0.867 bits per heavy atom. The fourth-order valence-corrected chi connectivity index (χ4v) is 9.30. The molecule has 0 N–H and O–H groups in total. The van der Waals surface area contributed by atoms with E-state index in [9.17, 15) is 0 Å². The highest BCUT2D eigenvalue weighted by Crippen LogP contribution is 2.63. The van der Waals surface area contributed by atoms with Gasteiger partial charge in [-0.05, 0) is 48.9 Å². The van der Waals surface area contributed by atoms with Gasteiger partial charge in [0.15, 0.2) is 0 Å². The van der Waals surface area contributed by atoms with E-state index in [4.69, 9.17) is 0 Å². The molecule has 4 fully saturated rings. The molecule has 174 valence electrons. The van der Waals surface area contributed by atoms with Crippen LogP contribution in [0.4, 0.5) is 0 Å². The topological polar surface area (TPSA) is 0 Å². The number of allylic oxidation sites excluding steroid dienone is 1. The van der Waals surface area contributed by atoms with Crippen LogP contribution in [0.1, 0.15) is 71.6 Å². The highest BCUT2D eigenvalue weighted by molar-refractivity contribution is 5.25. The van der Waals surface area contributed by atoms with Crippen molar-refractivity contribution in [1.29, 1.82) is 0 Å². The summed E-state index contributed by atoms with van der Waals surface area (Å²) in [5.74, 6) is 2.93. The number of hydrogen-bond donors (Lipinski definition) is 0. The maximum absolute atomic E-state index is 2.79. The van der Waals surface area contributed by atoms with E-state index in [1.165, 1.54) is 92.9 Å². The van der Waals surface area contributed by atoms with E-state index < -0.39 is 0 Å². The number of nitrogens with zero attached hydrogens (tertiary/aromatic N) is 2. The molecule has 0 unspecified atom stereocenters. The van der Waals surface area contributed by atoms with Crippen LogP contribution in [0.25, 0.3) is 0 Å². The van der Waals surface area contributed by atoms with Crippen molar-refractivity contribution in [2.75, 3.05) is 47.3 Å². The molecule has 0 bridgehead atoms. The first-order valence-electron chi connectivity index (χ1n) is 12.5. The summed E-state index contributed by atoms with van der Waals surface area (Å²) in [6.07, 6.45) is 16.0. The van der Waals surface area contributed by atoms with Gasteiger partial charge in [-0.2, -0.15) is 0 Å². The second-order valence-electron chi connectivity index (χ2n) is 13.1. The molecule has 4 heteroatoms. The standard InChI is InChI=1S/C26H46N2.2BrH/c1-25-13-11-24-22(23(25)12-17-27(3,4)19-25)9-8-20-18-21(10-14-26(20,24)2)28(5)15-6-7-16-28;;/h8,21-24H,6-7,9-19H2,1-5H3;2*1H/q+2;;/p-2/t21-,22-,23-,24-,25+,26-;;/m0../s1. The van der Waals surface area contributed by atoms with Crippen LogP contribution in [0, 0.1) is 28.6 Å². The molecule has 3 aliphatic carbocycles. The molecule has 0 spiro atoms. The summed E-state index contributed by atoms with van der Waals surface area (Å²) in [7, 11) is 7.51. The zero-order chi connectivity index (χ0) is 19.8. The van der Waals surface area contributed by atoms with Gasteiger partial charge in [0.05, 0.1) is 53.4 Å². The highest BCUT2D eigenvalue weighted by atomic mass is 79.9. The van der Waals surface area contributed by atoms with Crippen molar-refractivity contribution in [1.82, 2.24) is 0 Å². The third kappa shape index (κ3) is 3.92. The minimum Gasteiger partial charge on any atom is -1.00 e. The van der Waals surface area contributed by atoms with Crippen molar-refractivity contribution in [3.05, 3.63) is 11.6 Å². The lowest BCUT2D eigenvalue weighted by atomic mass is 9.46. The second kappa shape index (κ2) is 8.44. The third-order valence-electron chi connectivity index (χ3n) is 10.9. The van der Waals surface area contributed by atoms with Crippen molar-refractivity contribution in [2.45, 2.75) is 77.7 Å². The van der Waals surface area contributed by atoms with Gasteiger partial charge in [0.2, 0.25) is 0 Å². The summed E-state index contributed by atoms with van der Waals surface area (Å²) in [5, 5.41) is 0. The molecule has 0 amide bonds.